The molecule has 0 bridgehead atoms. The maximum Gasteiger partial charge on any atom is 0 e. The van der Waals surface area contributed by atoms with Crippen LogP contribution < -0.4 is 0 Å². The summed E-state index contributed by atoms with van der Waals surface area (Å²) < 4.78 is 22.5. The zero-order valence-electron chi connectivity index (χ0n) is 13.6. The summed E-state index contributed by atoms with van der Waals surface area (Å²) in [5.74, 6) is 0.553. The Morgan fingerprint density at radius 3 is 1.33 bits per heavy atom. The average molecular weight is 360 g/mol. The molecule has 0 unspecified atom stereocenters. The number of hydrogen-bond donors (Lipinski definition) is 0. The second-order valence-corrected chi connectivity index (χ2v) is 4.52. The van der Waals surface area contributed by atoms with E-state index < -0.39 is 0 Å². The molecule has 0 aromatic heterocycles. The van der Waals surface area contributed by atoms with Crippen LogP contribution in [0.5, 0.6) is 0 Å². The molecule has 0 radical (unpaired) electrons. The van der Waals surface area contributed by atoms with Crippen LogP contribution in [0, 0.1) is 20.0 Å². The summed E-state index contributed by atoms with van der Waals surface area (Å²) in [6.07, 6.45) is 3.79. The summed E-state index contributed by atoms with van der Waals surface area (Å²) in [6, 6.07) is 21.7. The van der Waals surface area contributed by atoms with E-state index in [4.69, 9.17) is 14.0 Å². The fraction of sp³-hybridized carbons (Fsp3) is 0.250. The fourth-order valence-corrected chi connectivity index (χ4v) is 2.30. The van der Waals surface area contributed by atoms with Crippen molar-refractivity contribution in [2.45, 2.75) is 32.1 Å². The molecule has 2 rings (SSSR count). The second kappa shape index (κ2) is 21.2. The Morgan fingerprint density at radius 1 is 0.708 bits per heavy atom. The van der Waals surface area contributed by atoms with Crippen molar-refractivity contribution in [2.24, 2.45) is 0 Å². The van der Waals surface area contributed by atoms with Crippen molar-refractivity contribution >= 4 is 0 Å². The molecule has 0 spiro atoms. The quantitative estimate of drug-likeness (QED) is 0.538. The summed E-state index contributed by atoms with van der Waals surface area (Å²) in [7, 11) is 0. The third-order valence-corrected chi connectivity index (χ3v) is 3.25. The third kappa shape index (κ3) is 10.8. The van der Waals surface area contributed by atoms with Gasteiger partial charge < -0.3 is 0 Å². The summed E-state index contributed by atoms with van der Waals surface area (Å²) in [6.45, 7) is 15.8. The first-order valence-electron chi connectivity index (χ1n) is 7.13. The number of unbranched alkanes of at least 4 members (excludes halogenated alkanes) is 1. The van der Waals surface area contributed by atoms with Crippen molar-refractivity contribution < 1.29 is 31.3 Å². The van der Waals surface area contributed by atoms with E-state index in [1.807, 2.05) is 0 Å². The van der Waals surface area contributed by atoms with Crippen molar-refractivity contribution in [3.05, 3.63) is 91.7 Å². The predicted octanol–water partition coefficient (Wildman–Crippen LogP) is 4.89. The van der Waals surface area contributed by atoms with Gasteiger partial charge in [0.15, 0.2) is 0 Å². The van der Waals surface area contributed by atoms with Crippen LogP contribution in [0.15, 0.2) is 60.7 Å². The molecule has 0 N–H and O–H groups in total. The largest absolute Gasteiger partial charge is 0 e. The molecule has 0 saturated heterocycles. The molecule has 0 amide bonds. The number of rotatable bonds is 5. The second-order valence-electron chi connectivity index (χ2n) is 4.52. The molecule has 0 heterocycles. The van der Waals surface area contributed by atoms with E-state index in [2.05, 4.69) is 87.5 Å². The van der Waals surface area contributed by atoms with E-state index in [-0.39, 0.29) is 17.4 Å². The molecule has 0 aliphatic carbocycles. The summed E-state index contributed by atoms with van der Waals surface area (Å²) in [5, 5.41) is 0. The fourth-order valence-electron chi connectivity index (χ4n) is 2.30. The van der Waals surface area contributed by atoms with Crippen molar-refractivity contribution in [3.63, 3.8) is 0 Å². The topological polar surface area (TPSA) is 59.7 Å². The SMILES string of the molecule is CCCCC(c1ccccc1)c1ccccc1.[C-]#[O+].[C-]#[O+].[C-]#[O+].[Cr]. The maximum atomic E-state index is 7.50. The van der Waals surface area contributed by atoms with E-state index in [1.165, 1.54) is 30.4 Å². The molecule has 2 aromatic rings. The molecule has 3 nitrogen and oxygen atoms in total. The smallest absolute Gasteiger partial charge is 0 e. The van der Waals surface area contributed by atoms with Crippen molar-refractivity contribution in [1.82, 2.24) is 0 Å². The third-order valence-electron chi connectivity index (χ3n) is 3.25. The Bertz CT molecular complexity index is 494. The van der Waals surface area contributed by atoms with Gasteiger partial charge in [-0.15, -0.1) is 0 Å². The standard InChI is InChI=1S/C17H20.3CO.Cr/c1-2-3-14-17(15-10-6-4-7-11-15)16-12-8-5-9-13-16;3*1-2;/h4-13,17H,2-3,14H2,1H3;;;;. The van der Waals surface area contributed by atoms with Crippen LogP contribution >= 0.6 is 0 Å². The molecule has 0 atom stereocenters. The van der Waals surface area contributed by atoms with Crippen LogP contribution in [-0.2, 0) is 31.3 Å². The average Bonchev–Trinajstić information content (AvgIpc) is 2.69. The molecule has 124 valence electrons. The zero-order valence-corrected chi connectivity index (χ0v) is 14.9. The number of hydrogen-bond acceptors (Lipinski definition) is 0. The molecule has 0 saturated carbocycles. The molecular formula is C20H20CrO3. The molecule has 0 aliphatic heterocycles. The molecule has 4 heteroatoms. The first-order valence-corrected chi connectivity index (χ1v) is 7.13. The summed E-state index contributed by atoms with van der Waals surface area (Å²) >= 11 is 0. The van der Waals surface area contributed by atoms with E-state index >= 15 is 0 Å². The molecule has 0 fully saturated rings. The van der Waals surface area contributed by atoms with Crippen LogP contribution in [0.4, 0.5) is 0 Å². The molecular weight excluding hydrogens is 340 g/mol. The van der Waals surface area contributed by atoms with Crippen molar-refractivity contribution in [2.75, 3.05) is 0 Å². The minimum atomic E-state index is 0. The van der Waals surface area contributed by atoms with Crippen LogP contribution in [0.2, 0.25) is 0 Å². The van der Waals surface area contributed by atoms with Gasteiger partial charge in [-0.05, 0) is 17.5 Å². The van der Waals surface area contributed by atoms with Crippen LogP contribution in [0.25, 0.3) is 0 Å². The minimum absolute atomic E-state index is 0. The van der Waals surface area contributed by atoms with Gasteiger partial charge >= 0.3 is 33.9 Å². The van der Waals surface area contributed by atoms with Gasteiger partial charge in [-0.1, -0.05) is 80.4 Å². The zero-order chi connectivity index (χ0) is 17.9. The first kappa shape index (κ1) is 27.1. The predicted molar refractivity (Wildman–Crippen MR) is 86.0 cm³/mol. The van der Waals surface area contributed by atoms with Crippen molar-refractivity contribution in [1.29, 1.82) is 0 Å². The summed E-state index contributed by atoms with van der Waals surface area (Å²) in [5.41, 5.74) is 2.87. The van der Waals surface area contributed by atoms with Gasteiger partial charge in [-0.3, -0.25) is 0 Å². The van der Waals surface area contributed by atoms with Gasteiger partial charge in [0.25, 0.3) is 0 Å². The molecule has 24 heavy (non-hydrogen) atoms. The minimum Gasteiger partial charge on any atom is 0 e. The van der Waals surface area contributed by atoms with E-state index in [0.717, 1.165) is 0 Å². The van der Waals surface area contributed by atoms with Gasteiger partial charge in [0.05, 0.1) is 0 Å². The Balaban J connectivity index is -0.000000569. The monoisotopic (exact) mass is 360 g/mol. The van der Waals surface area contributed by atoms with Gasteiger partial charge in [0.2, 0.25) is 0 Å². The normalized spacial score (nSPS) is 7.83. The Morgan fingerprint density at radius 2 is 1.04 bits per heavy atom. The van der Waals surface area contributed by atoms with Crippen molar-refractivity contribution in [3.8, 4) is 0 Å². The molecule has 0 aliphatic rings. The Labute approximate surface area is 155 Å². The Hall–Kier alpha value is -1.81. The Kier molecular flexibility index (Phi) is 23.9. The van der Waals surface area contributed by atoms with Gasteiger partial charge in [-0.25, -0.2) is 0 Å². The van der Waals surface area contributed by atoms with Gasteiger partial charge in [-0.2, -0.15) is 0 Å². The van der Waals surface area contributed by atoms with E-state index in [0.29, 0.717) is 5.92 Å². The van der Waals surface area contributed by atoms with Gasteiger partial charge in [0.1, 0.15) is 0 Å². The number of benzene rings is 2. The maximum absolute atomic E-state index is 7.50. The van der Waals surface area contributed by atoms with Crippen LogP contribution in [-0.4, -0.2) is 0 Å². The van der Waals surface area contributed by atoms with E-state index in [9.17, 15) is 0 Å². The summed E-state index contributed by atoms with van der Waals surface area (Å²) in [4.78, 5) is 0. The van der Waals surface area contributed by atoms with Crippen LogP contribution in [0.3, 0.4) is 0 Å². The van der Waals surface area contributed by atoms with E-state index in [1.54, 1.807) is 0 Å². The first-order chi connectivity index (χ1) is 11.4. The van der Waals surface area contributed by atoms with Crippen LogP contribution in [0.1, 0.15) is 43.2 Å². The van der Waals surface area contributed by atoms with Gasteiger partial charge in [0, 0.05) is 23.3 Å². The molecule has 2 aromatic carbocycles.